The molecule has 11 nitrogen and oxygen atoms in total. The Morgan fingerprint density at radius 3 is 2.48 bits per heavy atom. The zero-order valence-electron chi connectivity index (χ0n) is 17.8. The van der Waals surface area contributed by atoms with Crippen molar-refractivity contribution in [2.45, 2.75) is 6.04 Å². The first-order valence-electron chi connectivity index (χ1n) is 9.63. The van der Waals surface area contributed by atoms with Crippen molar-refractivity contribution in [1.82, 2.24) is 14.5 Å². The molecule has 0 aliphatic carbocycles. The number of fused-ring (bicyclic) bond motifs is 4. The Morgan fingerprint density at radius 2 is 1.84 bits per heavy atom. The number of hydrogen-bond acceptors (Lipinski definition) is 8. The van der Waals surface area contributed by atoms with Gasteiger partial charge in [0.05, 0.1) is 43.0 Å². The fraction of sp³-hybridized carbons (Fsp3) is 0.500. The molecular weight excluding hydrogens is 408 g/mol. The van der Waals surface area contributed by atoms with Crippen LogP contribution in [-0.4, -0.2) is 96.6 Å². The SMILES string of the molecule is COC(=O)c1ccc2c(c1)nc(N1C[C@@H]3COC[C@H](C1)N(C)C3)n2C.O=CO.O=CO. The standard InChI is InChI=1S/C18H24N4O3.2CH2O2/c1-20-7-12-8-22(9-14(20)11-25-10-12)18-19-15-6-13(17(23)24-3)4-5-16(15)21(18)2;2*2-1-3/h4-6,12,14H,7-11H2,1-3H3;2*1H,(H,2,3)/t12-,14+;;/m1../s1. The first-order valence-corrected chi connectivity index (χ1v) is 9.63. The molecule has 0 spiro atoms. The predicted molar refractivity (Wildman–Crippen MR) is 112 cm³/mol. The van der Waals surface area contributed by atoms with Crippen molar-refractivity contribution in [1.29, 1.82) is 0 Å². The fourth-order valence-corrected chi connectivity index (χ4v) is 3.93. The number of methoxy groups -OCH3 is 1. The van der Waals surface area contributed by atoms with Gasteiger partial charge in [0.1, 0.15) is 0 Å². The summed E-state index contributed by atoms with van der Waals surface area (Å²) in [4.78, 5) is 38.1. The van der Waals surface area contributed by atoms with Gasteiger partial charge in [-0.15, -0.1) is 0 Å². The summed E-state index contributed by atoms with van der Waals surface area (Å²) in [6, 6.07) is 5.90. The zero-order chi connectivity index (χ0) is 23.0. The van der Waals surface area contributed by atoms with Gasteiger partial charge in [0.2, 0.25) is 5.95 Å². The highest BCUT2D eigenvalue weighted by Crippen LogP contribution is 2.27. The molecule has 2 bridgehead atoms. The normalized spacial score (nSPS) is 20.4. The number of carbonyl (C=O) groups excluding carboxylic acids is 1. The van der Waals surface area contributed by atoms with E-state index in [1.54, 1.807) is 12.1 Å². The molecular formula is C20H28N4O7. The van der Waals surface area contributed by atoms with E-state index in [0.717, 1.165) is 49.8 Å². The first kappa shape index (κ1) is 24.1. The quantitative estimate of drug-likeness (QED) is 0.507. The lowest BCUT2D eigenvalue weighted by Crippen LogP contribution is -2.43. The second-order valence-corrected chi connectivity index (χ2v) is 7.28. The van der Waals surface area contributed by atoms with Gasteiger partial charge in [0, 0.05) is 32.6 Å². The molecule has 1 aromatic carbocycles. The average molecular weight is 436 g/mol. The molecule has 3 heterocycles. The summed E-state index contributed by atoms with van der Waals surface area (Å²) in [5.41, 5.74) is 2.36. The van der Waals surface area contributed by atoms with Crippen LogP contribution in [0.2, 0.25) is 0 Å². The van der Waals surface area contributed by atoms with E-state index in [1.165, 1.54) is 7.11 Å². The summed E-state index contributed by atoms with van der Waals surface area (Å²) in [5.74, 6) is 1.09. The monoisotopic (exact) mass is 436 g/mol. The first-order chi connectivity index (χ1) is 14.9. The third-order valence-corrected chi connectivity index (χ3v) is 5.30. The number of esters is 1. The molecule has 2 aliphatic rings. The molecule has 2 aromatic rings. The number of carboxylic acid groups (broad SMARTS) is 2. The van der Waals surface area contributed by atoms with E-state index in [-0.39, 0.29) is 18.9 Å². The fourth-order valence-electron chi connectivity index (χ4n) is 3.93. The Balaban J connectivity index is 0.000000513. The van der Waals surface area contributed by atoms with Gasteiger partial charge >= 0.3 is 5.97 Å². The molecule has 2 fully saturated rings. The highest BCUT2D eigenvalue weighted by atomic mass is 16.5. The van der Waals surface area contributed by atoms with Gasteiger partial charge in [-0.2, -0.15) is 0 Å². The van der Waals surface area contributed by atoms with Crippen LogP contribution in [0.4, 0.5) is 5.95 Å². The van der Waals surface area contributed by atoms with E-state index in [0.29, 0.717) is 17.5 Å². The summed E-state index contributed by atoms with van der Waals surface area (Å²) in [6.07, 6.45) is 0. The van der Waals surface area contributed by atoms with Crippen molar-refractivity contribution in [2.24, 2.45) is 13.0 Å². The summed E-state index contributed by atoms with van der Waals surface area (Å²) >= 11 is 0. The highest BCUT2D eigenvalue weighted by molar-refractivity contribution is 5.94. The molecule has 31 heavy (non-hydrogen) atoms. The number of benzene rings is 1. The average Bonchev–Trinajstić information content (AvgIpc) is 2.85. The number of hydrogen-bond donors (Lipinski definition) is 2. The minimum atomic E-state index is -0.336. The number of nitrogens with zero attached hydrogens (tertiary/aromatic N) is 4. The van der Waals surface area contributed by atoms with E-state index in [9.17, 15) is 4.79 Å². The van der Waals surface area contributed by atoms with Crippen LogP contribution in [0.25, 0.3) is 11.0 Å². The number of aryl methyl sites for hydroxylation is 1. The number of imidazole rings is 1. The summed E-state index contributed by atoms with van der Waals surface area (Å²) in [6.45, 7) is 3.95. The van der Waals surface area contributed by atoms with Gasteiger partial charge in [0.15, 0.2) is 0 Å². The van der Waals surface area contributed by atoms with Gasteiger partial charge < -0.3 is 29.2 Å². The number of carbonyl (C=O) groups is 3. The molecule has 4 rings (SSSR count). The summed E-state index contributed by atoms with van der Waals surface area (Å²) in [5, 5.41) is 13.8. The molecule has 0 amide bonds. The Labute approximate surface area is 179 Å². The Kier molecular flexibility index (Phi) is 8.76. The van der Waals surface area contributed by atoms with Crippen LogP contribution in [0.15, 0.2) is 18.2 Å². The van der Waals surface area contributed by atoms with E-state index < -0.39 is 0 Å². The van der Waals surface area contributed by atoms with Gasteiger partial charge in [-0.25, -0.2) is 9.78 Å². The lowest BCUT2D eigenvalue weighted by atomic mass is 10.1. The highest BCUT2D eigenvalue weighted by Gasteiger charge is 2.33. The van der Waals surface area contributed by atoms with Crippen LogP contribution in [0.3, 0.4) is 0 Å². The van der Waals surface area contributed by atoms with Crippen molar-refractivity contribution in [2.75, 3.05) is 51.9 Å². The molecule has 2 saturated heterocycles. The third kappa shape index (κ3) is 5.70. The van der Waals surface area contributed by atoms with Crippen molar-refractivity contribution in [3.8, 4) is 0 Å². The summed E-state index contributed by atoms with van der Waals surface area (Å²) < 4.78 is 12.7. The van der Waals surface area contributed by atoms with E-state index in [1.807, 2.05) is 13.1 Å². The largest absolute Gasteiger partial charge is 0.483 e. The van der Waals surface area contributed by atoms with Gasteiger partial charge in [-0.05, 0) is 25.2 Å². The maximum Gasteiger partial charge on any atom is 0.337 e. The van der Waals surface area contributed by atoms with Crippen LogP contribution in [0, 0.1) is 5.92 Å². The maximum atomic E-state index is 11.8. The van der Waals surface area contributed by atoms with Crippen LogP contribution < -0.4 is 4.90 Å². The van der Waals surface area contributed by atoms with Crippen LogP contribution in [0.1, 0.15) is 10.4 Å². The lowest BCUT2D eigenvalue weighted by Gasteiger charge is -2.30. The Morgan fingerprint density at radius 1 is 1.16 bits per heavy atom. The van der Waals surface area contributed by atoms with Gasteiger partial charge in [-0.1, -0.05) is 0 Å². The van der Waals surface area contributed by atoms with Gasteiger partial charge in [-0.3, -0.25) is 14.5 Å². The molecule has 0 radical (unpaired) electrons. The molecule has 1 aromatic heterocycles. The maximum absolute atomic E-state index is 11.8. The number of likely N-dealkylation sites (N-methyl/N-ethyl adjacent to an activating group) is 1. The Hall–Kier alpha value is -3.18. The molecule has 170 valence electrons. The lowest BCUT2D eigenvalue weighted by molar-refractivity contribution is -0.123. The van der Waals surface area contributed by atoms with Gasteiger partial charge in [0.25, 0.3) is 12.9 Å². The van der Waals surface area contributed by atoms with E-state index in [2.05, 4.69) is 21.4 Å². The second kappa shape index (κ2) is 11.3. The van der Waals surface area contributed by atoms with E-state index >= 15 is 0 Å². The molecule has 11 heteroatoms. The topological polar surface area (TPSA) is 134 Å². The summed E-state index contributed by atoms with van der Waals surface area (Å²) in [7, 11) is 5.60. The van der Waals surface area contributed by atoms with E-state index in [4.69, 9.17) is 34.3 Å². The molecule has 2 aliphatic heterocycles. The zero-order valence-corrected chi connectivity index (χ0v) is 17.8. The number of rotatable bonds is 2. The number of anilines is 1. The van der Waals surface area contributed by atoms with Crippen LogP contribution in [-0.2, 0) is 26.1 Å². The number of aromatic nitrogens is 2. The molecule has 2 N–H and O–H groups in total. The molecule has 0 saturated carbocycles. The Bertz CT molecular complexity index is 895. The number of ether oxygens (including phenoxy) is 2. The minimum absolute atomic E-state index is 0.250. The van der Waals surface area contributed by atoms with Crippen molar-refractivity contribution < 1.29 is 34.1 Å². The minimum Gasteiger partial charge on any atom is -0.483 e. The predicted octanol–water partition coefficient (Wildman–Crippen LogP) is 0.528. The third-order valence-electron chi connectivity index (χ3n) is 5.30. The second-order valence-electron chi connectivity index (χ2n) is 7.28. The van der Waals surface area contributed by atoms with Crippen molar-refractivity contribution in [3.05, 3.63) is 23.8 Å². The van der Waals surface area contributed by atoms with Crippen LogP contribution in [0.5, 0.6) is 0 Å². The smallest absolute Gasteiger partial charge is 0.337 e. The molecule has 2 atom stereocenters. The van der Waals surface area contributed by atoms with Crippen molar-refractivity contribution >= 4 is 35.9 Å². The van der Waals surface area contributed by atoms with Crippen LogP contribution >= 0.6 is 0 Å². The van der Waals surface area contributed by atoms with Crippen molar-refractivity contribution in [3.63, 3.8) is 0 Å². The molecule has 0 unspecified atom stereocenters.